The van der Waals surface area contributed by atoms with E-state index in [9.17, 15) is 18.5 Å². The Balaban J connectivity index is 1.60. The van der Waals surface area contributed by atoms with Gasteiger partial charge in [-0.3, -0.25) is 19.7 Å². The van der Waals surface area contributed by atoms with Crippen molar-refractivity contribution in [1.29, 1.82) is 0 Å². The van der Waals surface area contributed by atoms with Crippen LogP contribution in [0.4, 0.5) is 5.69 Å². The minimum absolute atomic E-state index is 0.0141. The van der Waals surface area contributed by atoms with Crippen LogP contribution in [0.3, 0.4) is 0 Å². The van der Waals surface area contributed by atoms with Crippen molar-refractivity contribution >= 4 is 26.6 Å². The third kappa shape index (κ3) is 4.37. The van der Waals surface area contributed by atoms with Crippen LogP contribution in [0.25, 0.3) is 10.9 Å². The molecular weight excluding hydrogens is 358 g/mol. The molecule has 0 saturated carbocycles. The summed E-state index contributed by atoms with van der Waals surface area (Å²) in [5.74, 6) is 0.165. The zero-order chi connectivity index (χ0) is 18.7. The number of nitro benzene ring substituents is 1. The van der Waals surface area contributed by atoms with Crippen LogP contribution in [0.15, 0.2) is 24.4 Å². The number of aromatic nitrogens is 2. The van der Waals surface area contributed by atoms with Crippen molar-refractivity contribution in [2.45, 2.75) is 38.9 Å². The molecule has 3 rings (SSSR count). The molecule has 2 aromatic rings. The van der Waals surface area contributed by atoms with Crippen LogP contribution in [0, 0.1) is 10.1 Å². The highest BCUT2D eigenvalue weighted by Gasteiger charge is 2.23. The molecule has 0 aliphatic carbocycles. The van der Waals surface area contributed by atoms with E-state index in [1.807, 2.05) is 11.6 Å². The van der Waals surface area contributed by atoms with Crippen molar-refractivity contribution < 1.29 is 13.3 Å². The second-order valence-electron chi connectivity index (χ2n) is 6.61. The van der Waals surface area contributed by atoms with E-state index in [4.69, 9.17) is 0 Å². The zero-order valence-corrected chi connectivity index (χ0v) is 15.5. The van der Waals surface area contributed by atoms with Crippen molar-refractivity contribution in [1.82, 2.24) is 19.4 Å². The molecule has 0 unspecified atom stereocenters. The fourth-order valence-corrected chi connectivity index (χ4v) is 4.66. The summed E-state index contributed by atoms with van der Waals surface area (Å²) in [5, 5.41) is 15.9. The lowest BCUT2D eigenvalue weighted by Gasteiger charge is -2.32. The van der Waals surface area contributed by atoms with Crippen LogP contribution in [-0.4, -0.2) is 52.9 Å². The molecule has 1 aliphatic heterocycles. The van der Waals surface area contributed by atoms with E-state index in [2.05, 4.69) is 14.7 Å². The first-order valence-corrected chi connectivity index (χ1v) is 10.4. The van der Waals surface area contributed by atoms with Gasteiger partial charge in [0.25, 0.3) is 5.69 Å². The summed E-state index contributed by atoms with van der Waals surface area (Å²) in [6, 6.07) is 4.70. The second kappa shape index (κ2) is 7.68. The summed E-state index contributed by atoms with van der Waals surface area (Å²) >= 11 is 0. The van der Waals surface area contributed by atoms with Crippen LogP contribution in [0.2, 0.25) is 0 Å². The summed E-state index contributed by atoms with van der Waals surface area (Å²) in [6.07, 6.45) is 3.76. The van der Waals surface area contributed by atoms with Crippen LogP contribution in [0.5, 0.6) is 0 Å². The number of sulfonamides is 1. The van der Waals surface area contributed by atoms with Crippen molar-refractivity contribution in [2.24, 2.45) is 0 Å². The average Bonchev–Trinajstić information content (AvgIpc) is 2.98. The van der Waals surface area contributed by atoms with Crippen LogP contribution >= 0.6 is 0 Å². The first-order chi connectivity index (χ1) is 12.4. The number of benzene rings is 1. The molecule has 0 radical (unpaired) electrons. The van der Waals surface area contributed by atoms with E-state index < -0.39 is 14.9 Å². The average molecular weight is 381 g/mol. The molecule has 1 aliphatic rings. The Bertz CT molecular complexity index is 887. The maximum atomic E-state index is 11.9. The van der Waals surface area contributed by atoms with E-state index in [0.717, 1.165) is 36.8 Å². The van der Waals surface area contributed by atoms with E-state index in [1.165, 1.54) is 12.1 Å². The first kappa shape index (κ1) is 18.7. The lowest BCUT2D eigenvalue weighted by atomic mass is 10.1. The Labute approximate surface area is 152 Å². The topological polar surface area (TPSA) is 110 Å². The zero-order valence-electron chi connectivity index (χ0n) is 14.7. The van der Waals surface area contributed by atoms with Gasteiger partial charge in [-0.05, 0) is 25.3 Å². The Morgan fingerprint density at radius 3 is 2.73 bits per heavy atom. The van der Waals surface area contributed by atoms with Gasteiger partial charge in [0.2, 0.25) is 10.0 Å². The van der Waals surface area contributed by atoms with Gasteiger partial charge in [-0.1, -0.05) is 6.92 Å². The van der Waals surface area contributed by atoms with Crippen molar-refractivity contribution in [3.63, 3.8) is 0 Å². The molecule has 1 aromatic heterocycles. The lowest BCUT2D eigenvalue weighted by molar-refractivity contribution is -0.384. The molecule has 142 valence electrons. The highest BCUT2D eigenvalue weighted by Crippen LogP contribution is 2.21. The maximum Gasteiger partial charge on any atom is 0.270 e. The third-order valence-electron chi connectivity index (χ3n) is 4.58. The summed E-state index contributed by atoms with van der Waals surface area (Å²) in [4.78, 5) is 12.7. The highest BCUT2D eigenvalue weighted by atomic mass is 32.2. The Morgan fingerprint density at radius 1 is 1.35 bits per heavy atom. The monoisotopic (exact) mass is 381 g/mol. The fraction of sp³-hybridized carbons (Fsp3) is 0.562. The number of nitrogens with zero attached hydrogens (tertiary/aromatic N) is 4. The Kier molecular flexibility index (Phi) is 5.54. The smallest absolute Gasteiger partial charge is 0.270 e. The molecule has 1 N–H and O–H groups in total. The van der Waals surface area contributed by atoms with Gasteiger partial charge in [-0.25, -0.2) is 13.1 Å². The minimum atomic E-state index is -3.18. The molecule has 1 saturated heterocycles. The molecule has 0 amide bonds. The van der Waals surface area contributed by atoms with Crippen LogP contribution in [-0.2, 0) is 16.7 Å². The third-order valence-corrected chi connectivity index (χ3v) is 6.21. The van der Waals surface area contributed by atoms with E-state index in [-0.39, 0.29) is 17.5 Å². The molecule has 0 bridgehead atoms. The summed E-state index contributed by atoms with van der Waals surface area (Å²) in [7, 11) is -3.18. The number of fused-ring (bicyclic) bond motifs is 1. The van der Waals surface area contributed by atoms with E-state index in [0.29, 0.717) is 13.1 Å². The number of nitro groups is 1. The SMILES string of the molecule is CCCS(=O)(=O)NC1CCN(Cn2ncc3cc([N+](=O)[O-])ccc32)CC1. The van der Waals surface area contributed by atoms with Gasteiger partial charge < -0.3 is 0 Å². The number of piperidine rings is 1. The van der Waals surface area contributed by atoms with Crippen molar-refractivity contribution in [3.8, 4) is 0 Å². The molecule has 10 heteroatoms. The van der Waals surface area contributed by atoms with Gasteiger partial charge in [0.05, 0.1) is 29.1 Å². The van der Waals surface area contributed by atoms with Crippen LogP contribution < -0.4 is 4.72 Å². The van der Waals surface area contributed by atoms with Gasteiger partial charge >= 0.3 is 0 Å². The molecular formula is C16H23N5O4S. The standard InChI is InChI=1S/C16H23N5O4S/c1-2-9-26(24,25)18-14-5-7-19(8-6-14)12-20-16-4-3-15(21(22)23)10-13(16)11-17-20/h3-4,10-11,14,18H,2,5-9,12H2,1H3. The van der Waals surface area contributed by atoms with E-state index in [1.54, 1.807) is 12.3 Å². The molecule has 0 spiro atoms. The number of non-ortho nitro benzene ring substituents is 1. The quantitative estimate of drug-likeness (QED) is 0.577. The largest absolute Gasteiger partial charge is 0.284 e. The predicted octanol–water partition coefficient (Wildman–Crippen LogP) is 1.70. The molecule has 26 heavy (non-hydrogen) atoms. The molecule has 0 atom stereocenters. The fourth-order valence-electron chi connectivity index (χ4n) is 3.26. The highest BCUT2D eigenvalue weighted by molar-refractivity contribution is 7.89. The van der Waals surface area contributed by atoms with Crippen molar-refractivity contribution in [3.05, 3.63) is 34.5 Å². The minimum Gasteiger partial charge on any atom is -0.284 e. The van der Waals surface area contributed by atoms with Gasteiger partial charge in [-0.2, -0.15) is 5.10 Å². The van der Waals surface area contributed by atoms with Gasteiger partial charge in [-0.15, -0.1) is 0 Å². The predicted molar refractivity (Wildman–Crippen MR) is 98.2 cm³/mol. The van der Waals surface area contributed by atoms with Crippen LogP contribution in [0.1, 0.15) is 26.2 Å². The maximum absolute atomic E-state index is 11.9. The number of hydrogen-bond donors (Lipinski definition) is 1. The lowest BCUT2D eigenvalue weighted by Crippen LogP contribution is -2.45. The summed E-state index contributed by atoms with van der Waals surface area (Å²) in [5.41, 5.74) is 0.901. The van der Waals surface area contributed by atoms with Crippen molar-refractivity contribution in [2.75, 3.05) is 18.8 Å². The van der Waals surface area contributed by atoms with Gasteiger partial charge in [0.1, 0.15) is 0 Å². The Morgan fingerprint density at radius 2 is 2.08 bits per heavy atom. The number of likely N-dealkylation sites (tertiary alicyclic amines) is 1. The van der Waals surface area contributed by atoms with E-state index >= 15 is 0 Å². The molecule has 9 nitrogen and oxygen atoms in total. The second-order valence-corrected chi connectivity index (χ2v) is 8.49. The Hall–Kier alpha value is -2.04. The number of hydrogen-bond acceptors (Lipinski definition) is 6. The first-order valence-electron chi connectivity index (χ1n) is 8.70. The number of rotatable bonds is 7. The van der Waals surface area contributed by atoms with Gasteiger partial charge in [0.15, 0.2) is 0 Å². The summed E-state index contributed by atoms with van der Waals surface area (Å²) < 4.78 is 28.3. The number of nitrogens with one attached hydrogen (secondary N) is 1. The molecule has 2 heterocycles. The summed E-state index contributed by atoms with van der Waals surface area (Å²) in [6.45, 7) is 3.97. The molecule has 1 fully saturated rings. The normalized spacial score (nSPS) is 17.0. The van der Waals surface area contributed by atoms with Gasteiger partial charge in [0, 0.05) is 36.7 Å². The molecule has 1 aromatic carbocycles.